The van der Waals surface area contributed by atoms with E-state index in [1.54, 1.807) is 29.6 Å². The summed E-state index contributed by atoms with van der Waals surface area (Å²) in [5, 5.41) is 23.0. The minimum Gasteiger partial charge on any atom is -0.477 e. The molecule has 0 spiro atoms. The number of carboxylic acids is 1. The molecule has 2 aromatic rings. The first-order chi connectivity index (χ1) is 9.11. The van der Waals surface area contributed by atoms with Gasteiger partial charge in [0.15, 0.2) is 0 Å². The van der Waals surface area contributed by atoms with E-state index < -0.39 is 5.97 Å². The Hall–Kier alpha value is -2.03. The quantitative estimate of drug-likeness (QED) is 0.903. The highest BCUT2D eigenvalue weighted by Crippen LogP contribution is 2.22. The molecule has 0 fully saturated rings. The molecule has 19 heavy (non-hydrogen) atoms. The van der Waals surface area contributed by atoms with Crippen molar-refractivity contribution in [3.8, 4) is 6.07 Å². The second-order valence-corrected chi connectivity index (χ2v) is 5.06. The van der Waals surface area contributed by atoms with E-state index in [9.17, 15) is 4.79 Å². The maximum atomic E-state index is 11.0. The lowest BCUT2D eigenvalue weighted by molar-refractivity contribution is 0.0701. The molecule has 4 nitrogen and oxygen atoms in total. The van der Waals surface area contributed by atoms with Crippen molar-refractivity contribution in [3.63, 3.8) is 0 Å². The van der Waals surface area contributed by atoms with Crippen molar-refractivity contribution < 1.29 is 9.90 Å². The van der Waals surface area contributed by atoms with Gasteiger partial charge in [-0.25, -0.2) is 4.79 Å². The van der Waals surface area contributed by atoms with Gasteiger partial charge in [0.25, 0.3) is 0 Å². The number of hydrogen-bond acceptors (Lipinski definition) is 4. The van der Waals surface area contributed by atoms with E-state index in [0.717, 1.165) is 11.3 Å². The summed E-state index contributed by atoms with van der Waals surface area (Å²) in [6.07, 6.45) is 0. The summed E-state index contributed by atoms with van der Waals surface area (Å²) >= 11 is 7.11. The van der Waals surface area contributed by atoms with Crippen LogP contribution in [0.5, 0.6) is 0 Å². The average molecular weight is 293 g/mol. The van der Waals surface area contributed by atoms with Crippen molar-refractivity contribution >= 4 is 34.6 Å². The number of nitriles is 1. The SMILES string of the molecule is N#Cc1ccc(NCc2ccsc2C(=O)O)cc1Cl. The van der Waals surface area contributed by atoms with E-state index in [1.165, 1.54) is 11.3 Å². The number of nitrogens with one attached hydrogen (secondary N) is 1. The van der Waals surface area contributed by atoms with E-state index in [0.29, 0.717) is 22.0 Å². The number of carboxylic acid groups (broad SMARTS) is 1. The van der Waals surface area contributed by atoms with Crippen LogP contribution < -0.4 is 5.32 Å². The van der Waals surface area contributed by atoms with Crippen LogP contribution in [0.3, 0.4) is 0 Å². The van der Waals surface area contributed by atoms with Crippen LogP contribution in [0.15, 0.2) is 29.6 Å². The fraction of sp³-hybridized carbons (Fsp3) is 0.0769. The van der Waals surface area contributed by atoms with Crippen molar-refractivity contribution in [1.29, 1.82) is 5.26 Å². The van der Waals surface area contributed by atoms with Crippen LogP contribution in [0.1, 0.15) is 20.8 Å². The largest absolute Gasteiger partial charge is 0.477 e. The molecule has 0 saturated carbocycles. The second-order valence-electron chi connectivity index (χ2n) is 3.74. The molecule has 0 aliphatic rings. The number of aromatic carboxylic acids is 1. The molecule has 1 heterocycles. The molecule has 0 atom stereocenters. The zero-order chi connectivity index (χ0) is 13.8. The molecule has 0 aliphatic heterocycles. The fourth-order valence-electron chi connectivity index (χ4n) is 1.58. The molecule has 0 unspecified atom stereocenters. The van der Waals surface area contributed by atoms with Gasteiger partial charge in [0.1, 0.15) is 10.9 Å². The van der Waals surface area contributed by atoms with Crippen LogP contribution >= 0.6 is 22.9 Å². The minimum atomic E-state index is -0.926. The molecule has 0 aliphatic carbocycles. The van der Waals surface area contributed by atoms with E-state index >= 15 is 0 Å². The summed E-state index contributed by atoms with van der Waals surface area (Å²) in [6, 6.07) is 8.75. The Morgan fingerprint density at radius 2 is 2.26 bits per heavy atom. The van der Waals surface area contributed by atoms with Gasteiger partial charge in [-0.2, -0.15) is 5.26 Å². The number of halogens is 1. The maximum absolute atomic E-state index is 11.0. The van der Waals surface area contributed by atoms with Crippen molar-refractivity contribution in [2.24, 2.45) is 0 Å². The highest BCUT2D eigenvalue weighted by molar-refractivity contribution is 7.12. The topological polar surface area (TPSA) is 73.1 Å². The molecule has 0 amide bonds. The maximum Gasteiger partial charge on any atom is 0.346 e. The van der Waals surface area contributed by atoms with Crippen LogP contribution in [0.2, 0.25) is 5.02 Å². The van der Waals surface area contributed by atoms with Gasteiger partial charge in [-0.05, 0) is 35.2 Å². The van der Waals surface area contributed by atoms with Crippen molar-refractivity contribution in [2.45, 2.75) is 6.54 Å². The van der Waals surface area contributed by atoms with E-state index in [-0.39, 0.29) is 0 Å². The fourth-order valence-corrected chi connectivity index (χ4v) is 2.56. The van der Waals surface area contributed by atoms with Crippen LogP contribution in [0.4, 0.5) is 5.69 Å². The predicted molar refractivity (Wildman–Crippen MR) is 74.8 cm³/mol. The average Bonchev–Trinajstić information content (AvgIpc) is 2.85. The number of benzene rings is 1. The van der Waals surface area contributed by atoms with Gasteiger partial charge in [-0.1, -0.05) is 11.6 Å². The Labute approximate surface area is 118 Å². The van der Waals surface area contributed by atoms with Gasteiger partial charge in [-0.15, -0.1) is 11.3 Å². The van der Waals surface area contributed by atoms with Crippen LogP contribution in [-0.4, -0.2) is 11.1 Å². The van der Waals surface area contributed by atoms with E-state index in [2.05, 4.69) is 5.32 Å². The lowest BCUT2D eigenvalue weighted by Gasteiger charge is -2.07. The molecule has 0 radical (unpaired) electrons. The molecule has 0 bridgehead atoms. The number of rotatable bonds is 4. The zero-order valence-electron chi connectivity index (χ0n) is 9.68. The number of carbonyl (C=O) groups is 1. The molecule has 6 heteroatoms. The van der Waals surface area contributed by atoms with Gasteiger partial charge in [0.2, 0.25) is 0 Å². The van der Waals surface area contributed by atoms with Crippen molar-refractivity contribution in [1.82, 2.24) is 0 Å². The summed E-state index contributed by atoms with van der Waals surface area (Å²) in [4.78, 5) is 11.3. The zero-order valence-corrected chi connectivity index (χ0v) is 11.3. The Bertz CT molecular complexity index is 661. The third kappa shape index (κ3) is 3.05. The predicted octanol–water partition coefficient (Wildman–Crippen LogP) is 3.58. The molecular formula is C13H9ClN2O2S. The van der Waals surface area contributed by atoms with Gasteiger partial charge in [-0.3, -0.25) is 0 Å². The smallest absolute Gasteiger partial charge is 0.346 e. The monoisotopic (exact) mass is 292 g/mol. The summed E-state index contributed by atoms with van der Waals surface area (Å²) in [5.74, 6) is -0.926. The lowest BCUT2D eigenvalue weighted by Crippen LogP contribution is -2.04. The highest BCUT2D eigenvalue weighted by Gasteiger charge is 2.11. The van der Waals surface area contributed by atoms with Crippen molar-refractivity contribution in [3.05, 3.63) is 50.7 Å². The third-order valence-corrected chi connectivity index (χ3v) is 3.77. The second kappa shape index (κ2) is 5.74. The van der Waals surface area contributed by atoms with Crippen molar-refractivity contribution in [2.75, 3.05) is 5.32 Å². The first-order valence-corrected chi connectivity index (χ1v) is 6.60. The van der Waals surface area contributed by atoms with Gasteiger partial charge < -0.3 is 10.4 Å². The Balaban J connectivity index is 2.11. The Kier molecular flexibility index (Phi) is 4.05. The van der Waals surface area contributed by atoms with Gasteiger partial charge in [0, 0.05) is 12.2 Å². The number of hydrogen-bond donors (Lipinski definition) is 2. The third-order valence-electron chi connectivity index (χ3n) is 2.51. The standard InChI is InChI=1S/C13H9ClN2O2S/c14-11-5-10(2-1-8(11)6-15)16-7-9-3-4-19-12(9)13(17)18/h1-5,16H,7H2,(H,17,18). The first kappa shape index (κ1) is 13.4. The summed E-state index contributed by atoms with van der Waals surface area (Å²) < 4.78 is 0. The normalized spacial score (nSPS) is 9.89. The number of nitrogens with zero attached hydrogens (tertiary/aromatic N) is 1. The summed E-state index contributed by atoms with van der Waals surface area (Å²) in [6.45, 7) is 0.396. The molecule has 2 rings (SSSR count). The summed E-state index contributed by atoms with van der Waals surface area (Å²) in [5.41, 5.74) is 1.87. The Morgan fingerprint density at radius 1 is 1.47 bits per heavy atom. The van der Waals surface area contributed by atoms with Gasteiger partial charge in [0.05, 0.1) is 10.6 Å². The molecular weight excluding hydrogens is 284 g/mol. The molecule has 2 N–H and O–H groups in total. The minimum absolute atomic E-state index is 0.326. The van der Waals surface area contributed by atoms with E-state index in [4.69, 9.17) is 22.0 Å². The molecule has 96 valence electrons. The number of thiophene rings is 1. The lowest BCUT2D eigenvalue weighted by atomic mass is 10.2. The molecule has 1 aromatic carbocycles. The van der Waals surface area contributed by atoms with Gasteiger partial charge >= 0.3 is 5.97 Å². The number of anilines is 1. The first-order valence-electron chi connectivity index (χ1n) is 5.35. The Morgan fingerprint density at radius 3 is 2.89 bits per heavy atom. The van der Waals surface area contributed by atoms with E-state index in [1.807, 2.05) is 6.07 Å². The summed E-state index contributed by atoms with van der Waals surface area (Å²) in [7, 11) is 0. The van der Waals surface area contributed by atoms with Crippen LogP contribution in [0, 0.1) is 11.3 Å². The van der Waals surface area contributed by atoms with Crippen LogP contribution in [-0.2, 0) is 6.54 Å². The molecule has 1 aromatic heterocycles. The van der Waals surface area contributed by atoms with Crippen LogP contribution in [0.25, 0.3) is 0 Å². The highest BCUT2D eigenvalue weighted by atomic mass is 35.5. The molecule has 0 saturated heterocycles.